The zero-order chi connectivity index (χ0) is 13.7. The van der Waals surface area contributed by atoms with E-state index >= 15 is 0 Å². The lowest BCUT2D eigenvalue weighted by Crippen LogP contribution is -2.58. The second-order valence-corrected chi connectivity index (χ2v) is 3.58. The lowest BCUT2D eigenvalue weighted by Gasteiger charge is -2.38. The van der Waals surface area contributed by atoms with Gasteiger partial charge in [0.05, 0.1) is 0 Å². The Kier molecular flexibility index (Phi) is 5.17. The van der Waals surface area contributed by atoms with Gasteiger partial charge in [-0.3, -0.25) is 0 Å². The van der Waals surface area contributed by atoms with Gasteiger partial charge in [-0.05, 0) is 6.42 Å². The molecule has 100 valence electrons. The lowest BCUT2D eigenvalue weighted by atomic mass is 10.0. The summed E-state index contributed by atoms with van der Waals surface area (Å²) in [6.45, 7) is 2.65. The van der Waals surface area contributed by atoms with Crippen LogP contribution in [0.25, 0.3) is 0 Å². The molecule has 0 spiro atoms. The number of hydrogen-bond donors (Lipinski definition) is 4. The van der Waals surface area contributed by atoms with Crippen molar-refractivity contribution in [2.75, 3.05) is 7.05 Å². The fourth-order valence-electron chi connectivity index (χ4n) is 1.20. The number of nitrogens with one attached hydrogen (secondary N) is 1. The number of rotatable bonds is 5. The smallest absolute Gasteiger partial charge is 0.409 e. The quantitative estimate of drug-likeness (QED) is 0.492. The third-order valence-corrected chi connectivity index (χ3v) is 2.08. The molecule has 8 nitrogen and oxygen atoms in total. The van der Waals surface area contributed by atoms with Crippen molar-refractivity contribution in [3.8, 4) is 0 Å². The SMILES string of the molecule is CCCC(O)(OC(=O)NC)C(C)(O)OC(N)=O. The summed E-state index contributed by atoms with van der Waals surface area (Å²) in [5.74, 6) is -4.82. The van der Waals surface area contributed by atoms with Gasteiger partial charge in [0.1, 0.15) is 0 Å². The average molecular weight is 250 g/mol. The van der Waals surface area contributed by atoms with Crippen LogP contribution < -0.4 is 11.1 Å². The molecular weight excluding hydrogens is 232 g/mol. The molecule has 0 aliphatic heterocycles. The van der Waals surface area contributed by atoms with E-state index in [2.05, 4.69) is 14.8 Å². The Hall–Kier alpha value is -1.54. The van der Waals surface area contributed by atoms with Gasteiger partial charge in [0, 0.05) is 20.4 Å². The maximum absolute atomic E-state index is 11.1. The van der Waals surface area contributed by atoms with Crippen LogP contribution in [0.2, 0.25) is 0 Å². The highest BCUT2D eigenvalue weighted by molar-refractivity contribution is 5.67. The van der Waals surface area contributed by atoms with Gasteiger partial charge < -0.3 is 30.7 Å². The van der Waals surface area contributed by atoms with Crippen molar-refractivity contribution in [1.29, 1.82) is 0 Å². The topological polar surface area (TPSA) is 131 Å². The lowest BCUT2D eigenvalue weighted by molar-refractivity contribution is -0.343. The Morgan fingerprint density at radius 2 is 1.88 bits per heavy atom. The van der Waals surface area contributed by atoms with Crippen molar-refractivity contribution < 1.29 is 29.3 Å². The molecule has 0 aliphatic carbocycles. The van der Waals surface area contributed by atoms with Gasteiger partial charge in [0.15, 0.2) is 0 Å². The zero-order valence-electron chi connectivity index (χ0n) is 10.0. The molecule has 0 bridgehead atoms. The first kappa shape index (κ1) is 15.5. The number of carbonyl (C=O) groups is 2. The second kappa shape index (κ2) is 5.69. The van der Waals surface area contributed by atoms with Crippen LogP contribution in [0.4, 0.5) is 9.59 Å². The molecule has 0 radical (unpaired) electrons. The van der Waals surface area contributed by atoms with E-state index in [0.29, 0.717) is 6.42 Å². The van der Waals surface area contributed by atoms with Crippen molar-refractivity contribution in [1.82, 2.24) is 5.32 Å². The van der Waals surface area contributed by atoms with Gasteiger partial charge in [-0.25, -0.2) is 9.59 Å². The van der Waals surface area contributed by atoms with Crippen LogP contribution in [0.15, 0.2) is 0 Å². The van der Waals surface area contributed by atoms with Crippen molar-refractivity contribution in [3.05, 3.63) is 0 Å². The van der Waals surface area contributed by atoms with Gasteiger partial charge >= 0.3 is 12.2 Å². The molecule has 0 heterocycles. The van der Waals surface area contributed by atoms with E-state index in [-0.39, 0.29) is 6.42 Å². The molecule has 2 amide bonds. The predicted octanol–water partition coefficient (Wildman–Crippen LogP) is -0.365. The Morgan fingerprint density at radius 1 is 1.35 bits per heavy atom. The molecule has 0 saturated carbocycles. The highest BCUT2D eigenvalue weighted by Gasteiger charge is 2.52. The van der Waals surface area contributed by atoms with E-state index in [9.17, 15) is 19.8 Å². The summed E-state index contributed by atoms with van der Waals surface area (Å²) in [5.41, 5.74) is 4.75. The van der Waals surface area contributed by atoms with Crippen molar-refractivity contribution in [2.45, 2.75) is 38.3 Å². The number of aliphatic hydroxyl groups is 2. The second-order valence-electron chi connectivity index (χ2n) is 3.58. The van der Waals surface area contributed by atoms with Gasteiger partial charge in [-0.2, -0.15) is 0 Å². The highest BCUT2D eigenvalue weighted by Crippen LogP contribution is 2.29. The summed E-state index contributed by atoms with van der Waals surface area (Å²) < 4.78 is 8.96. The molecule has 17 heavy (non-hydrogen) atoms. The Bertz CT molecular complexity index is 293. The molecule has 0 aromatic heterocycles. The number of primary amides is 1. The minimum absolute atomic E-state index is 0.138. The number of carbonyl (C=O) groups excluding carboxylic acids is 2. The van der Waals surface area contributed by atoms with Crippen LogP contribution in [0.1, 0.15) is 26.7 Å². The standard InChI is InChI=1S/C9H18N2O6/c1-4-5-9(15,17-7(13)11-3)8(2,14)16-6(10)12/h14-15H,4-5H2,1-3H3,(H2,10,12)(H,11,13). The highest BCUT2D eigenvalue weighted by atomic mass is 16.7. The molecule has 0 aromatic rings. The van der Waals surface area contributed by atoms with Crippen molar-refractivity contribution in [2.24, 2.45) is 5.73 Å². The summed E-state index contributed by atoms with van der Waals surface area (Å²) in [4.78, 5) is 21.7. The number of alkyl carbamates (subject to hydrolysis) is 1. The van der Waals surface area contributed by atoms with Crippen LogP contribution in [0.5, 0.6) is 0 Å². The van der Waals surface area contributed by atoms with Crippen molar-refractivity contribution in [3.63, 3.8) is 0 Å². The van der Waals surface area contributed by atoms with E-state index in [1.807, 2.05) is 0 Å². The van der Waals surface area contributed by atoms with E-state index < -0.39 is 23.8 Å². The van der Waals surface area contributed by atoms with Crippen molar-refractivity contribution >= 4 is 12.2 Å². The van der Waals surface area contributed by atoms with Gasteiger partial charge in [-0.15, -0.1) is 0 Å². The molecule has 2 unspecified atom stereocenters. The molecule has 0 rings (SSSR count). The molecule has 5 N–H and O–H groups in total. The number of amides is 2. The van der Waals surface area contributed by atoms with E-state index in [4.69, 9.17) is 5.73 Å². The Morgan fingerprint density at radius 3 is 2.24 bits per heavy atom. The predicted molar refractivity (Wildman–Crippen MR) is 56.7 cm³/mol. The van der Waals surface area contributed by atoms with E-state index in [1.165, 1.54) is 7.05 Å². The maximum atomic E-state index is 11.1. The van der Waals surface area contributed by atoms with Crippen LogP contribution in [0.3, 0.4) is 0 Å². The number of hydrogen-bond acceptors (Lipinski definition) is 6. The van der Waals surface area contributed by atoms with Crippen LogP contribution in [0, 0.1) is 0 Å². The first-order valence-corrected chi connectivity index (χ1v) is 5.02. The molecule has 0 aromatic carbocycles. The minimum atomic E-state index is -2.44. The Balaban J connectivity index is 5.02. The van der Waals surface area contributed by atoms with E-state index in [0.717, 1.165) is 6.92 Å². The first-order chi connectivity index (χ1) is 7.68. The minimum Gasteiger partial charge on any atom is -0.410 e. The third-order valence-electron chi connectivity index (χ3n) is 2.08. The largest absolute Gasteiger partial charge is 0.410 e. The monoisotopic (exact) mass is 250 g/mol. The summed E-state index contributed by atoms with van der Waals surface area (Å²) >= 11 is 0. The Labute approximate surface area is 98.7 Å². The van der Waals surface area contributed by atoms with E-state index in [1.54, 1.807) is 6.92 Å². The first-order valence-electron chi connectivity index (χ1n) is 5.02. The third kappa shape index (κ3) is 4.08. The molecule has 0 saturated heterocycles. The summed E-state index contributed by atoms with van der Waals surface area (Å²) in [6.07, 6.45) is -2.05. The normalized spacial score (nSPS) is 17.5. The molecule has 0 aliphatic rings. The molecule has 2 atom stereocenters. The molecular formula is C9H18N2O6. The summed E-state index contributed by atoms with van der Waals surface area (Å²) in [5, 5.41) is 21.9. The fourth-order valence-corrected chi connectivity index (χ4v) is 1.20. The molecule has 8 heteroatoms. The molecule has 0 fully saturated rings. The fraction of sp³-hybridized carbons (Fsp3) is 0.778. The zero-order valence-corrected chi connectivity index (χ0v) is 10.0. The number of ether oxygens (including phenoxy) is 2. The van der Waals surface area contributed by atoms with Gasteiger partial charge in [-0.1, -0.05) is 6.92 Å². The van der Waals surface area contributed by atoms with Crippen LogP contribution in [-0.4, -0.2) is 41.0 Å². The van der Waals surface area contributed by atoms with Gasteiger partial charge in [0.2, 0.25) is 0 Å². The average Bonchev–Trinajstić information content (AvgIpc) is 2.15. The van der Waals surface area contributed by atoms with Crippen LogP contribution >= 0.6 is 0 Å². The maximum Gasteiger partial charge on any atom is 0.409 e. The van der Waals surface area contributed by atoms with Crippen LogP contribution in [-0.2, 0) is 9.47 Å². The van der Waals surface area contributed by atoms with Gasteiger partial charge in [0.25, 0.3) is 11.6 Å². The summed E-state index contributed by atoms with van der Waals surface area (Å²) in [6, 6.07) is 0. The summed E-state index contributed by atoms with van der Waals surface area (Å²) in [7, 11) is 1.28. The number of nitrogens with two attached hydrogens (primary N) is 1.